The molecule has 1 N–H and O–H groups in total. The third-order valence-corrected chi connectivity index (χ3v) is 3.88. The predicted molar refractivity (Wildman–Crippen MR) is 72.0 cm³/mol. The minimum atomic E-state index is -0.764. The number of aliphatic carboxylic acids is 1. The van der Waals surface area contributed by atoms with Crippen molar-refractivity contribution in [3.05, 3.63) is 35.9 Å². The van der Waals surface area contributed by atoms with Gasteiger partial charge in [-0.3, -0.25) is 4.79 Å². The van der Waals surface area contributed by atoms with E-state index in [0.717, 1.165) is 30.1 Å². The second-order valence-corrected chi connectivity index (χ2v) is 5.08. The van der Waals surface area contributed by atoms with Crippen molar-refractivity contribution in [2.24, 2.45) is 0 Å². The second-order valence-electron chi connectivity index (χ2n) is 3.66. The SMILES string of the molecule is O=C(O)C(CCCCc1ccccc1)SS. The first-order chi connectivity index (χ1) is 7.74. The minimum absolute atomic E-state index is 0.376. The topological polar surface area (TPSA) is 37.3 Å². The Morgan fingerprint density at radius 1 is 1.31 bits per heavy atom. The molecule has 0 aliphatic carbocycles. The van der Waals surface area contributed by atoms with E-state index in [1.165, 1.54) is 5.56 Å². The van der Waals surface area contributed by atoms with E-state index in [4.69, 9.17) is 5.11 Å². The minimum Gasteiger partial charge on any atom is -0.480 e. The van der Waals surface area contributed by atoms with Crippen molar-refractivity contribution in [3.8, 4) is 0 Å². The largest absolute Gasteiger partial charge is 0.480 e. The van der Waals surface area contributed by atoms with Crippen LogP contribution in [0.3, 0.4) is 0 Å². The highest BCUT2D eigenvalue weighted by Gasteiger charge is 2.15. The Balaban J connectivity index is 2.19. The summed E-state index contributed by atoms with van der Waals surface area (Å²) in [5.41, 5.74) is 1.31. The number of carboxylic acid groups (broad SMARTS) is 1. The number of aryl methyl sites for hydroxylation is 1. The Labute approximate surface area is 105 Å². The van der Waals surface area contributed by atoms with Crippen LogP contribution in [0.4, 0.5) is 0 Å². The van der Waals surface area contributed by atoms with Crippen LogP contribution in [0.15, 0.2) is 30.3 Å². The molecule has 0 amide bonds. The maximum absolute atomic E-state index is 10.7. The number of unbranched alkanes of at least 4 members (excludes halogenated alkanes) is 1. The normalized spacial score (nSPS) is 12.3. The van der Waals surface area contributed by atoms with Gasteiger partial charge in [0.2, 0.25) is 0 Å². The Hall–Kier alpha value is -0.610. The first kappa shape index (κ1) is 13.5. The van der Waals surface area contributed by atoms with Crippen LogP contribution in [0, 0.1) is 0 Å². The number of thiol groups is 1. The molecule has 0 aromatic heterocycles. The molecule has 0 aliphatic rings. The van der Waals surface area contributed by atoms with Crippen molar-refractivity contribution in [1.82, 2.24) is 0 Å². The molecule has 0 radical (unpaired) electrons. The molecule has 1 unspecified atom stereocenters. The van der Waals surface area contributed by atoms with E-state index in [1.807, 2.05) is 18.2 Å². The van der Waals surface area contributed by atoms with E-state index in [2.05, 4.69) is 23.8 Å². The molecule has 1 rings (SSSR count). The summed E-state index contributed by atoms with van der Waals surface area (Å²) in [5.74, 6) is -0.764. The van der Waals surface area contributed by atoms with Crippen LogP contribution in [0.25, 0.3) is 0 Å². The lowest BCUT2D eigenvalue weighted by molar-refractivity contribution is -0.136. The van der Waals surface area contributed by atoms with Crippen molar-refractivity contribution >= 4 is 28.4 Å². The third kappa shape index (κ3) is 4.94. The highest BCUT2D eigenvalue weighted by molar-refractivity contribution is 8.69. The van der Waals surface area contributed by atoms with E-state index in [1.54, 1.807) is 0 Å². The lowest BCUT2D eigenvalue weighted by Crippen LogP contribution is -2.14. The van der Waals surface area contributed by atoms with Crippen LogP contribution in [0.2, 0.25) is 0 Å². The van der Waals surface area contributed by atoms with E-state index in [-0.39, 0.29) is 5.25 Å². The summed E-state index contributed by atoms with van der Waals surface area (Å²) in [6.07, 6.45) is 3.67. The fraction of sp³-hybridized carbons (Fsp3) is 0.417. The van der Waals surface area contributed by atoms with Gasteiger partial charge in [0, 0.05) is 0 Å². The number of carboxylic acids is 1. The summed E-state index contributed by atoms with van der Waals surface area (Å²) in [6.45, 7) is 0. The molecule has 0 heterocycles. The maximum Gasteiger partial charge on any atom is 0.317 e. The number of hydrogen-bond donors (Lipinski definition) is 2. The fourth-order valence-electron chi connectivity index (χ4n) is 1.52. The van der Waals surface area contributed by atoms with Crippen LogP contribution in [-0.4, -0.2) is 16.3 Å². The molecule has 0 saturated heterocycles. The Kier molecular flexibility index (Phi) is 6.42. The molecule has 88 valence electrons. The molecular weight excluding hydrogens is 240 g/mol. The molecule has 0 fully saturated rings. The Morgan fingerprint density at radius 2 is 2.00 bits per heavy atom. The van der Waals surface area contributed by atoms with Gasteiger partial charge in [-0.1, -0.05) is 47.5 Å². The van der Waals surface area contributed by atoms with Gasteiger partial charge in [0.25, 0.3) is 0 Å². The lowest BCUT2D eigenvalue weighted by atomic mass is 10.1. The number of rotatable bonds is 7. The Morgan fingerprint density at radius 3 is 2.56 bits per heavy atom. The molecule has 1 aromatic carbocycles. The number of hydrogen-bond acceptors (Lipinski definition) is 3. The van der Waals surface area contributed by atoms with Crippen LogP contribution < -0.4 is 0 Å². The van der Waals surface area contributed by atoms with Gasteiger partial charge in [0.05, 0.1) is 0 Å². The smallest absolute Gasteiger partial charge is 0.317 e. The van der Waals surface area contributed by atoms with Crippen molar-refractivity contribution in [2.45, 2.75) is 30.9 Å². The monoisotopic (exact) mass is 256 g/mol. The third-order valence-electron chi connectivity index (χ3n) is 2.43. The van der Waals surface area contributed by atoms with Gasteiger partial charge in [-0.05, 0) is 24.8 Å². The quantitative estimate of drug-likeness (QED) is 0.446. The molecule has 4 heteroatoms. The standard InChI is InChI=1S/C12H16O2S2/c13-12(14)11(16-15)9-5-4-8-10-6-2-1-3-7-10/h1-3,6-7,11,15H,4-5,8-9H2,(H,13,14). The average molecular weight is 256 g/mol. The highest BCUT2D eigenvalue weighted by Crippen LogP contribution is 2.21. The molecule has 1 aromatic rings. The van der Waals surface area contributed by atoms with E-state index >= 15 is 0 Å². The summed E-state index contributed by atoms with van der Waals surface area (Å²) in [4.78, 5) is 10.7. The van der Waals surface area contributed by atoms with Crippen molar-refractivity contribution in [3.63, 3.8) is 0 Å². The molecule has 0 bridgehead atoms. The lowest BCUT2D eigenvalue weighted by Gasteiger charge is -2.07. The van der Waals surface area contributed by atoms with Crippen LogP contribution in [0.1, 0.15) is 24.8 Å². The number of benzene rings is 1. The van der Waals surface area contributed by atoms with E-state index in [9.17, 15) is 4.79 Å². The van der Waals surface area contributed by atoms with Gasteiger partial charge < -0.3 is 5.11 Å². The number of carbonyl (C=O) groups is 1. The van der Waals surface area contributed by atoms with Crippen LogP contribution in [-0.2, 0) is 11.2 Å². The zero-order valence-electron chi connectivity index (χ0n) is 9.00. The molecular formula is C12H16O2S2. The Bertz CT molecular complexity index is 314. The van der Waals surface area contributed by atoms with Gasteiger partial charge in [-0.25, -0.2) is 0 Å². The summed E-state index contributed by atoms with van der Waals surface area (Å²) in [7, 11) is 1.12. The van der Waals surface area contributed by atoms with Gasteiger partial charge in [0.15, 0.2) is 0 Å². The van der Waals surface area contributed by atoms with Crippen molar-refractivity contribution < 1.29 is 9.90 Å². The first-order valence-electron chi connectivity index (χ1n) is 5.31. The van der Waals surface area contributed by atoms with Crippen LogP contribution in [0.5, 0.6) is 0 Å². The van der Waals surface area contributed by atoms with Crippen molar-refractivity contribution in [2.75, 3.05) is 0 Å². The van der Waals surface area contributed by atoms with E-state index < -0.39 is 5.97 Å². The molecule has 0 saturated carbocycles. The highest BCUT2D eigenvalue weighted by atomic mass is 33.1. The first-order valence-corrected chi connectivity index (χ1v) is 7.24. The molecule has 1 atom stereocenters. The van der Waals surface area contributed by atoms with Gasteiger partial charge in [-0.15, -0.1) is 11.7 Å². The van der Waals surface area contributed by atoms with Crippen LogP contribution >= 0.6 is 22.5 Å². The molecule has 2 nitrogen and oxygen atoms in total. The molecule has 0 aliphatic heterocycles. The summed E-state index contributed by atoms with van der Waals surface area (Å²) in [6, 6.07) is 10.3. The molecule has 0 spiro atoms. The van der Waals surface area contributed by atoms with Gasteiger partial charge >= 0.3 is 5.97 Å². The predicted octanol–water partition coefficient (Wildman–Crippen LogP) is 3.43. The van der Waals surface area contributed by atoms with Gasteiger partial charge in [0.1, 0.15) is 5.25 Å². The summed E-state index contributed by atoms with van der Waals surface area (Å²) in [5, 5.41) is 8.44. The maximum atomic E-state index is 10.7. The average Bonchev–Trinajstić information content (AvgIpc) is 2.30. The second kappa shape index (κ2) is 7.63. The zero-order valence-corrected chi connectivity index (χ0v) is 10.7. The summed E-state index contributed by atoms with van der Waals surface area (Å²) < 4.78 is 0. The van der Waals surface area contributed by atoms with Gasteiger partial charge in [-0.2, -0.15) is 0 Å². The zero-order chi connectivity index (χ0) is 11.8. The van der Waals surface area contributed by atoms with Crippen molar-refractivity contribution in [1.29, 1.82) is 0 Å². The fourth-order valence-corrected chi connectivity index (χ4v) is 2.47. The molecule has 16 heavy (non-hydrogen) atoms. The van der Waals surface area contributed by atoms with E-state index in [0.29, 0.717) is 6.42 Å². The summed E-state index contributed by atoms with van der Waals surface area (Å²) >= 11 is 3.96.